The molecule has 2 nitrogen and oxygen atoms in total. The van der Waals surface area contributed by atoms with Gasteiger partial charge in [-0.1, -0.05) is 69.3 Å². The average molecular weight is 265 g/mol. The van der Waals surface area contributed by atoms with E-state index >= 15 is 0 Å². The second kappa shape index (κ2) is 4.78. The highest BCUT2D eigenvalue weighted by Crippen LogP contribution is 2.39. The normalized spacial score (nSPS) is 17.9. The summed E-state index contributed by atoms with van der Waals surface area (Å²) in [5.41, 5.74) is 3.21. The van der Waals surface area contributed by atoms with E-state index in [2.05, 4.69) is 50.0 Å². The largest absolute Gasteiger partial charge is 0.467 e. The maximum Gasteiger partial charge on any atom is 0.195 e. The molecule has 0 aromatic heterocycles. The van der Waals surface area contributed by atoms with Crippen molar-refractivity contribution in [1.82, 2.24) is 0 Å². The zero-order valence-electron chi connectivity index (χ0n) is 12.1. The van der Waals surface area contributed by atoms with Crippen molar-refractivity contribution in [2.45, 2.75) is 26.9 Å². The first-order valence-corrected chi connectivity index (χ1v) is 6.95. The van der Waals surface area contributed by atoms with Gasteiger partial charge in [-0.3, -0.25) is 0 Å². The quantitative estimate of drug-likeness (QED) is 0.720. The fourth-order valence-corrected chi connectivity index (χ4v) is 2.34. The Morgan fingerprint density at radius 3 is 2.25 bits per heavy atom. The molecule has 0 radical (unpaired) electrons. The van der Waals surface area contributed by atoms with Crippen molar-refractivity contribution in [3.8, 4) is 0 Å². The van der Waals surface area contributed by atoms with E-state index in [0.29, 0.717) is 0 Å². The van der Waals surface area contributed by atoms with E-state index in [1.807, 2.05) is 30.3 Å². The third-order valence-electron chi connectivity index (χ3n) is 3.41. The van der Waals surface area contributed by atoms with Crippen LogP contribution in [0, 0.1) is 5.41 Å². The molecule has 0 fully saturated rings. The van der Waals surface area contributed by atoms with E-state index in [1.165, 1.54) is 0 Å². The van der Waals surface area contributed by atoms with Gasteiger partial charge in [0.2, 0.25) is 0 Å². The Morgan fingerprint density at radius 2 is 1.55 bits per heavy atom. The van der Waals surface area contributed by atoms with Gasteiger partial charge in [-0.2, -0.15) is 0 Å². The van der Waals surface area contributed by atoms with Crippen molar-refractivity contribution in [1.29, 1.82) is 0 Å². The summed E-state index contributed by atoms with van der Waals surface area (Å²) in [5.74, 6) is 0.796. The smallest absolute Gasteiger partial charge is 0.195 e. The zero-order chi connectivity index (χ0) is 14.2. The Bertz CT molecular complexity index is 638. The summed E-state index contributed by atoms with van der Waals surface area (Å²) in [7, 11) is 0. The summed E-state index contributed by atoms with van der Waals surface area (Å²) in [6.07, 6.45) is -0.0703. The lowest BCUT2D eigenvalue weighted by Gasteiger charge is -2.31. The molecule has 2 aromatic rings. The van der Waals surface area contributed by atoms with Crippen LogP contribution in [-0.2, 0) is 4.74 Å². The lowest BCUT2D eigenvalue weighted by molar-refractivity contribution is 0.197. The maximum atomic E-state index is 6.21. The van der Waals surface area contributed by atoms with E-state index in [1.54, 1.807) is 0 Å². The van der Waals surface area contributed by atoms with E-state index in [0.717, 1.165) is 22.7 Å². The van der Waals surface area contributed by atoms with Crippen molar-refractivity contribution < 1.29 is 4.74 Å². The van der Waals surface area contributed by atoms with Gasteiger partial charge in [-0.25, -0.2) is 4.99 Å². The number of nitrogens with zero attached hydrogens (tertiary/aromatic N) is 1. The Balaban J connectivity index is 2.11. The first-order chi connectivity index (χ1) is 9.55. The van der Waals surface area contributed by atoms with Gasteiger partial charge in [-0.15, -0.1) is 0 Å². The minimum absolute atomic E-state index is 0.0703. The lowest BCUT2D eigenvalue weighted by atomic mass is 9.93. The third kappa shape index (κ3) is 2.34. The first kappa shape index (κ1) is 12.9. The summed E-state index contributed by atoms with van der Waals surface area (Å²) in [4.78, 5) is 4.69. The highest BCUT2D eigenvalue weighted by atomic mass is 16.5. The van der Waals surface area contributed by atoms with Crippen LogP contribution in [0.25, 0.3) is 0 Å². The van der Waals surface area contributed by atoms with E-state index in [4.69, 9.17) is 4.74 Å². The molecule has 0 N–H and O–H groups in total. The molecule has 0 aliphatic carbocycles. The highest BCUT2D eigenvalue weighted by molar-refractivity contribution is 5.86. The van der Waals surface area contributed by atoms with E-state index < -0.39 is 0 Å². The van der Waals surface area contributed by atoms with E-state index in [-0.39, 0.29) is 11.5 Å². The van der Waals surface area contributed by atoms with Crippen LogP contribution in [0.15, 0.2) is 59.6 Å². The number of aliphatic imine (C=N–C) groups is 1. The van der Waals surface area contributed by atoms with Crippen LogP contribution >= 0.6 is 0 Å². The SMILES string of the molecule is CC(C)(C)C1=Nc2ccccc2C(c2ccccc2)O1. The number of fused-ring (bicyclic) bond motifs is 1. The van der Waals surface area contributed by atoms with Crippen molar-refractivity contribution >= 4 is 11.6 Å². The number of ether oxygens (including phenoxy) is 1. The van der Waals surface area contributed by atoms with Crippen molar-refractivity contribution in [2.75, 3.05) is 0 Å². The topological polar surface area (TPSA) is 21.6 Å². The highest BCUT2D eigenvalue weighted by Gasteiger charge is 2.31. The summed E-state index contributed by atoms with van der Waals surface area (Å²) in [6.45, 7) is 6.38. The summed E-state index contributed by atoms with van der Waals surface area (Å²) in [5, 5.41) is 0. The Kier molecular flexibility index (Phi) is 3.09. The molecule has 0 amide bonds. The minimum atomic E-state index is -0.0967. The predicted molar refractivity (Wildman–Crippen MR) is 82.4 cm³/mol. The van der Waals surface area contributed by atoms with Gasteiger partial charge in [0, 0.05) is 11.0 Å². The van der Waals surface area contributed by atoms with Gasteiger partial charge < -0.3 is 4.74 Å². The number of hydrogen-bond donors (Lipinski definition) is 0. The molecule has 0 saturated carbocycles. The van der Waals surface area contributed by atoms with Gasteiger partial charge >= 0.3 is 0 Å². The summed E-state index contributed by atoms with van der Waals surface area (Å²) in [6, 6.07) is 18.5. The molecule has 1 aliphatic heterocycles. The van der Waals surface area contributed by atoms with Crippen LogP contribution in [0.3, 0.4) is 0 Å². The fourth-order valence-electron chi connectivity index (χ4n) is 2.34. The number of benzene rings is 2. The monoisotopic (exact) mass is 265 g/mol. The lowest BCUT2D eigenvalue weighted by Crippen LogP contribution is -2.28. The van der Waals surface area contributed by atoms with Gasteiger partial charge in [0.25, 0.3) is 0 Å². The second-order valence-electron chi connectivity index (χ2n) is 6.13. The van der Waals surface area contributed by atoms with E-state index in [9.17, 15) is 0 Å². The van der Waals surface area contributed by atoms with Crippen molar-refractivity contribution in [3.05, 3.63) is 65.7 Å². The Morgan fingerprint density at radius 1 is 0.900 bits per heavy atom. The molecule has 1 atom stereocenters. The molecule has 3 rings (SSSR count). The molecule has 0 bridgehead atoms. The molecular formula is C18H19NO. The Hall–Kier alpha value is -2.09. The first-order valence-electron chi connectivity index (χ1n) is 6.95. The summed E-state index contributed by atoms with van der Waals surface area (Å²) < 4.78 is 6.21. The van der Waals surface area contributed by atoms with Gasteiger partial charge in [-0.05, 0) is 11.6 Å². The molecular weight excluding hydrogens is 246 g/mol. The molecule has 1 heterocycles. The standard InChI is InChI=1S/C18H19NO/c1-18(2,3)17-19-15-12-8-7-11-14(15)16(20-17)13-9-5-4-6-10-13/h4-12,16H,1-3H3. The van der Waals surface area contributed by atoms with Crippen molar-refractivity contribution in [2.24, 2.45) is 10.4 Å². The fraction of sp³-hybridized carbons (Fsp3) is 0.278. The minimum Gasteiger partial charge on any atom is -0.467 e. The van der Waals surface area contributed by atoms with Gasteiger partial charge in [0.05, 0.1) is 5.69 Å². The number of hydrogen-bond acceptors (Lipinski definition) is 2. The molecule has 0 spiro atoms. The van der Waals surface area contributed by atoms with Crippen LogP contribution in [0.4, 0.5) is 5.69 Å². The second-order valence-corrected chi connectivity index (χ2v) is 6.13. The molecule has 20 heavy (non-hydrogen) atoms. The third-order valence-corrected chi connectivity index (χ3v) is 3.41. The zero-order valence-corrected chi connectivity index (χ0v) is 12.1. The van der Waals surface area contributed by atoms with Crippen LogP contribution in [0.5, 0.6) is 0 Å². The van der Waals surface area contributed by atoms with Crippen molar-refractivity contribution in [3.63, 3.8) is 0 Å². The molecule has 102 valence electrons. The van der Waals surface area contributed by atoms with Crippen LogP contribution < -0.4 is 0 Å². The van der Waals surface area contributed by atoms with Gasteiger partial charge in [0.1, 0.15) is 0 Å². The van der Waals surface area contributed by atoms with Crippen LogP contribution in [-0.4, -0.2) is 5.90 Å². The molecule has 1 aliphatic rings. The number of rotatable bonds is 1. The maximum absolute atomic E-state index is 6.21. The van der Waals surface area contributed by atoms with Gasteiger partial charge in [0.15, 0.2) is 12.0 Å². The number of para-hydroxylation sites is 1. The Labute approximate surface area is 120 Å². The van der Waals surface area contributed by atoms with Crippen LogP contribution in [0.1, 0.15) is 38.0 Å². The molecule has 1 unspecified atom stereocenters. The average Bonchev–Trinajstić information content (AvgIpc) is 2.46. The molecule has 2 aromatic carbocycles. The van der Waals surface area contributed by atoms with Crippen LogP contribution in [0.2, 0.25) is 0 Å². The molecule has 2 heteroatoms. The predicted octanol–water partition coefficient (Wildman–Crippen LogP) is 4.88. The summed E-state index contributed by atoms with van der Waals surface area (Å²) >= 11 is 0. The molecule has 0 saturated heterocycles.